The van der Waals surface area contributed by atoms with Crippen molar-refractivity contribution in [2.24, 2.45) is 0 Å². The van der Waals surface area contributed by atoms with E-state index in [9.17, 15) is 4.79 Å². The normalized spacial score (nSPS) is 11.0. The summed E-state index contributed by atoms with van der Waals surface area (Å²) in [5.74, 6) is 1.39. The van der Waals surface area contributed by atoms with Crippen molar-refractivity contribution in [3.63, 3.8) is 0 Å². The number of nitriles is 1. The number of thiazole rings is 1. The van der Waals surface area contributed by atoms with Crippen LogP contribution in [0.2, 0.25) is 0 Å². The monoisotopic (exact) mass is 346 g/mol. The Morgan fingerprint density at radius 3 is 2.90 bits per heavy atom. The molecule has 0 aliphatic rings. The molecule has 1 aromatic heterocycles. The molecule has 21 heavy (non-hydrogen) atoms. The first-order valence-corrected chi connectivity index (χ1v) is 8.96. The number of carbonyl (C=O) groups is 1. The maximum Gasteiger partial charge on any atom is 0.407 e. The molecule has 1 amide bonds. The molecule has 0 unspecified atom stereocenters. The summed E-state index contributed by atoms with van der Waals surface area (Å²) < 4.78 is 5.97. The Labute approximate surface area is 136 Å². The van der Waals surface area contributed by atoms with Gasteiger partial charge >= 0.3 is 6.09 Å². The van der Waals surface area contributed by atoms with Crippen LogP contribution in [-0.2, 0) is 10.5 Å². The first-order valence-electron chi connectivity index (χ1n) is 6.17. The number of carbonyl (C=O) groups excluding carboxylic acids is 1. The van der Waals surface area contributed by atoms with Crippen LogP contribution < -0.4 is 11.1 Å². The summed E-state index contributed by atoms with van der Waals surface area (Å²) in [6, 6.07) is 0. The molecule has 1 rings (SSSR count). The van der Waals surface area contributed by atoms with Gasteiger partial charge in [-0.3, -0.25) is 0 Å². The third-order valence-electron chi connectivity index (χ3n) is 1.97. The average molecular weight is 347 g/mol. The Morgan fingerprint density at radius 1 is 1.57 bits per heavy atom. The second-order valence-electron chi connectivity index (χ2n) is 4.96. The quantitative estimate of drug-likeness (QED) is 0.464. The molecule has 0 spiro atoms. The van der Waals surface area contributed by atoms with Gasteiger partial charge in [-0.25, -0.2) is 9.78 Å². The van der Waals surface area contributed by atoms with Crippen LogP contribution in [0.15, 0.2) is 4.21 Å². The van der Waals surface area contributed by atoms with Crippen molar-refractivity contribution >= 4 is 46.1 Å². The molecule has 3 N–H and O–H groups in total. The number of amides is 1. The minimum Gasteiger partial charge on any atom is -0.444 e. The molecule has 0 radical (unpaired) electrons. The SMILES string of the molecule is CC(C)(C)OC(=O)NCCSCc1nc(N)sc1SC#N. The van der Waals surface area contributed by atoms with Crippen LogP contribution in [0.4, 0.5) is 9.93 Å². The van der Waals surface area contributed by atoms with Crippen LogP contribution in [0, 0.1) is 10.7 Å². The Morgan fingerprint density at radius 2 is 2.29 bits per heavy atom. The summed E-state index contributed by atoms with van der Waals surface area (Å²) in [7, 11) is 0. The number of ether oxygens (including phenoxy) is 1. The number of nitrogens with one attached hydrogen (secondary N) is 1. The van der Waals surface area contributed by atoms with Crippen molar-refractivity contribution in [1.29, 1.82) is 5.26 Å². The molecular formula is C12H18N4O2S3. The largest absolute Gasteiger partial charge is 0.444 e. The van der Waals surface area contributed by atoms with Gasteiger partial charge in [0.1, 0.15) is 15.2 Å². The lowest BCUT2D eigenvalue weighted by Crippen LogP contribution is -2.33. The van der Waals surface area contributed by atoms with Gasteiger partial charge in [0.2, 0.25) is 0 Å². The smallest absolute Gasteiger partial charge is 0.407 e. The highest BCUT2D eigenvalue weighted by molar-refractivity contribution is 8.05. The molecule has 116 valence electrons. The van der Waals surface area contributed by atoms with Crippen LogP contribution in [0.3, 0.4) is 0 Å². The number of aromatic nitrogens is 1. The third kappa shape index (κ3) is 7.45. The molecule has 0 saturated carbocycles. The lowest BCUT2D eigenvalue weighted by Gasteiger charge is -2.19. The number of hydrogen-bond donors (Lipinski definition) is 2. The Hall–Kier alpha value is -1.11. The number of rotatable bonds is 6. The van der Waals surface area contributed by atoms with Gasteiger partial charge in [0.05, 0.1) is 5.69 Å². The molecule has 0 aliphatic heterocycles. The van der Waals surface area contributed by atoms with Crippen molar-refractivity contribution in [3.05, 3.63) is 5.69 Å². The maximum atomic E-state index is 11.4. The third-order valence-corrected chi connectivity index (χ3v) is 4.67. The first kappa shape index (κ1) is 17.9. The number of nitrogens with zero attached hydrogens (tertiary/aromatic N) is 2. The van der Waals surface area contributed by atoms with E-state index in [0.29, 0.717) is 17.4 Å². The van der Waals surface area contributed by atoms with Crippen LogP contribution >= 0.6 is 34.9 Å². The van der Waals surface area contributed by atoms with E-state index in [-0.39, 0.29) is 0 Å². The molecule has 0 bridgehead atoms. The second-order valence-corrected chi connectivity index (χ2v) is 8.15. The predicted molar refractivity (Wildman–Crippen MR) is 88.4 cm³/mol. The summed E-state index contributed by atoms with van der Waals surface area (Å²) in [5, 5.41) is 13.9. The number of nitrogens with two attached hydrogens (primary N) is 1. The van der Waals surface area contributed by atoms with E-state index >= 15 is 0 Å². The zero-order valence-corrected chi connectivity index (χ0v) is 14.6. The van der Waals surface area contributed by atoms with Crippen LogP contribution in [0.5, 0.6) is 0 Å². The van der Waals surface area contributed by atoms with E-state index in [1.807, 2.05) is 26.2 Å². The van der Waals surface area contributed by atoms with Crippen molar-refractivity contribution in [3.8, 4) is 5.40 Å². The molecule has 0 saturated heterocycles. The van der Waals surface area contributed by atoms with Crippen LogP contribution in [0.1, 0.15) is 26.5 Å². The van der Waals surface area contributed by atoms with E-state index < -0.39 is 11.7 Å². The van der Waals surface area contributed by atoms with Crippen LogP contribution in [-0.4, -0.2) is 29.0 Å². The molecule has 9 heteroatoms. The summed E-state index contributed by atoms with van der Waals surface area (Å²) >= 11 is 4.01. The van der Waals surface area contributed by atoms with Gasteiger partial charge in [-0.05, 0) is 20.8 Å². The molecule has 6 nitrogen and oxygen atoms in total. The average Bonchev–Trinajstić information content (AvgIpc) is 2.67. The van der Waals surface area contributed by atoms with Gasteiger partial charge in [-0.15, -0.1) is 0 Å². The summed E-state index contributed by atoms with van der Waals surface area (Å²) in [6.07, 6.45) is -0.415. The fourth-order valence-electron chi connectivity index (χ4n) is 1.28. The lowest BCUT2D eigenvalue weighted by atomic mass is 10.2. The zero-order valence-electron chi connectivity index (χ0n) is 12.1. The summed E-state index contributed by atoms with van der Waals surface area (Å²) in [5.41, 5.74) is 5.98. The highest BCUT2D eigenvalue weighted by Crippen LogP contribution is 2.32. The van der Waals surface area contributed by atoms with E-state index in [2.05, 4.69) is 10.3 Å². The van der Waals surface area contributed by atoms with E-state index in [4.69, 9.17) is 15.7 Å². The predicted octanol–water partition coefficient (Wildman–Crippen LogP) is 3.06. The summed E-state index contributed by atoms with van der Waals surface area (Å²) in [4.78, 5) is 15.6. The number of thioether (sulfide) groups is 2. The molecule has 0 aliphatic carbocycles. The number of nitrogen functional groups attached to an aromatic ring is 1. The highest BCUT2D eigenvalue weighted by Gasteiger charge is 2.15. The Bertz CT molecular complexity index is 520. The van der Waals surface area contributed by atoms with Gasteiger partial charge in [-0.1, -0.05) is 11.3 Å². The highest BCUT2D eigenvalue weighted by atomic mass is 32.2. The Kier molecular flexibility index (Phi) is 7.14. The van der Waals surface area contributed by atoms with Gasteiger partial charge in [-0.2, -0.15) is 17.0 Å². The minimum atomic E-state index is -0.487. The van der Waals surface area contributed by atoms with Gasteiger partial charge in [0.25, 0.3) is 0 Å². The standard InChI is InChI=1S/C12H18N4O2S3/c1-12(2,3)18-11(17)15-4-5-19-6-8-9(20-7-13)21-10(14)16-8/h4-6H2,1-3H3,(H2,14,16)(H,15,17). The molecule has 0 aromatic carbocycles. The van der Waals surface area contributed by atoms with Gasteiger partial charge in [0, 0.05) is 29.8 Å². The number of hydrogen-bond acceptors (Lipinski definition) is 8. The minimum absolute atomic E-state index is 0.415. The molecule has 0 fully saturated rings. The van der Waals surface area contributed by atoms with E-state index in [0.717, 1.165) is 27.4 Å². The van der Waals surface area contributed by atoms with E-state index in [1.54, 1.807) is 11.8 Å². The molecule has 1 aromatic rings. The van der Waals surface area contributed by atoms with Crippen molar-refractivity contribution in [2.45, 2.75) is 36.3 Å². The zero-order chi connectivity index (χ0) is 15.9. The van der Waals surface area contributed by atoms with Gasteiger partial charge in [0.15, 0.2) is 5.13 Å². The Balaban J connectivity index is 2.26. The maximum absolute atomic E-state index is 11.4. The lowest BCUT2D eigenvalue weighted by molar-refractivity contribution is 0.0531. The van der Waals surface area contributed by atoms with Crippen LogP contribution in [0.25, 0.3) is 0 Å². The fraction of sp³-hybridized carbons (Fsp3) is 0.583. The fourth-order valence-corrected chi connectivity index (χ4v) is 3.69. The molecule has 0 atom stereocenters. The first-order chi connectivity index (χ1) is 9.81. The van der Waals surface area contributed by atoms with Crippen molar-refractivity contribution < 1.29 is 9.53 Å². The molecular weight excluding hydrogens is 328 g/mol. The second kappa shape index (κ2) is 8.36. The van der Waals surface area contributed by atoms with E-state index in [1.165, 1.54) is 11.3 Å². The topological polar surface area (TPSA) is 101 Å². The summed E-state index contributed by atoms with van der Waals surface area (Å²) in [6.45, 7) is 5.98. The number of thiocyanates is 1. The number of alkyl carbamates (subject to hydrolysis) is 1. The van der Waals surface area contributed by atoms with Crippen molar-refractivity contribution in [2.75, 3.05) is 18.0 Å². The molecule has 1 heterocycles. The number of anilines is 1. The van der Waals surface area contributed by atoms with Crippen molar-refractivity contribution in [1.82, 2.24) is 10.3 Å². The van der Waals surface area contributed by atoms with Gasteiger partial charge < -0.3 is 15.8 Å².